The van der Waals surface area contributed by atoms with E-state index in [9.17, 15) is 18.0 Å². The van der Waals surface area contributed by atoms with Gasteiger partial charge >= 0.3 is 16.2 Å². The largest absolute Gasteiger partial charge is 0.478 e. The van der Waals surface area contributed by atoms with E-state index in [1.165, 1.54) is 29.4 Å². The number of benzene rings is 1. The quantitative estimate of drug-likeness (QED) is 0.798. The van der Waals surface area contributed by atoms with E-state index in [2.05, 4.69) is 4.72 Å². The molecule has 1 aromatic carbocycles. The van der Waals surface area contributed by atoms with Crippen LogP contribution in [0.1, 0.15) is 40.5 Å². The maximum absolute atomic E-state index is 12.1. The van der Waals surface area contributed by atoms with Gasteiger partial charge in [0.15, 0.2) is 5.78 Å². The monoisotopic (exact) mass is 312 g/mol. The summed E-state index contributed by atoms with van der Waals surface area (Å²) in [6, 6.07) is 3.75. The number of Topliss-reactive ketones (excluding diaryl/α,β-unsaturated/α-hetero) is 1. The molecule has 1 heterocycles. The van der Waals surface area contributed by atoms with Crippen molar-refractivity contribution in [2.45, 2.75) is 19.8 Å². The summed E-state index contributed by atoms with van der Waals surface area (Å²) in [5.41, 5.74) is 0.0860. The first-order valence-corrected chi connectivity index (χ1v) is 7.91. The summed E-state index contributed by atoms with van der Waals surface area (Å²) in [5, 5.41) is 9.03. The molecule has 0 spiro atoms. The molecule has 0 aliphatic carbocycles. The Labute approximate surface area is 122 Å². The predicted octanol–water partition coefficient (Wildman–Crippen LogP) is 1.34. The molecule has 8 heteroatoms. The van der Waals surface area contributed by atoms with Gasteiger partial charge in [-0.25, -0.2) is 4.79 Å². The first-order chi connectivity index (χ1) is 9.79. The third-order valence-electron chi connectivity index (χ3n) is 3.24. The van der Waals surface area contributed by atoms with E-state index in [0.717, 1.165) is 12.8 Å². The van der Waals surface area contributed by atoms with Crippen LogP contribution in [0.15, 0.2) is 18.2 Å². The molecule has 0 radical (unpaired) electrons. The fourth-order valence-corrected chi connectivity index (χ4v) is 3.44. The van der Waals surface area contributed by atoms with E-state index in [1.807, 2.05) is 0 Å². The molecular formula is C13H16N2O5S. The van der Waals surface area contributed by atoms with Crippen molar-refractivity contribution >= 4 is 27.6 Å². The lowest BCUT2D eigenvalue weighted by Crippen LogP contribution is -2.33. The molecule has 0 unspecified atom stereocenters. The van der Waals surface area contributed by atoms with Crippen molar-refractivity contribution in [3.05, 3.63) is 29.3 Å². The van der Waals surface area contributed by atoms with Gasteiger partial charge in [-0.2, -0.15) is 12.7 Å². The average molecular weight is 312 g/mol. The molecular weight excluding hydrogens is 296 g/mol. The Bertz CT molecular complexity index is 646. The van der Waals surface area contributed by atoms with Gasteiger partial charge in [0.05, 0.1) is 11.3 Å². The molecule has 0 bridgehead atoms. The lowest BCUT2D eigenvalue weighted by atomic mass is 10.1. The standard InChI is InChI=1S/C13H16N2O5S/c1-9(16)10-6-11(13(17)18)8-12(7-10)14-21(19,20)15-4-2-3-5-15/h6-8,14H,2-5H2,1H3,(H,17,18). The highest BCUT2D eigenvalue weighted by atomic mass is 32.2. The second-order valence-electron chi connectivity index (χ2n) is 4.87. The van der Waals surface area contributed by atoms with Crippen LogP contribution < -0.4 is 4.72 Å². The van der Waals surface area contributed by atoms with E-state index in [4.69, 9.17) is 5.11 Å². The number of hydrogen-bond donors (Lipinski definition) is 2. The molecule has 0 aromatic heterocycles. The SMILES string of the molecule is CC(=O)c1cc(NS(=O)(=O)N2CCCC2)cc(C(=O)O)c1. The zero-order valence-corrected chi connectivity index (χ0v) is 12.3. The highest BCUT2D eigenvalue weighted by Gasteiger charge is 2.25. The van der Waals surface area contributed by atoms with E-state index >= 15 is 0 Å². The van der Waals surface area contributed by atoms with Gasteiger partial charge in [-0.1, -0.05) is 0 Å². The number of carboxylic acid groups (broad SMARTS) is 1. The summed E-state index contributed by atoms with van der Waals surface area (Å²) in [4.78, 5) is 22.5. The zero-order chi connectivity index (χ0) is 15.6. The van der Waals surface area contributed by atoms with Gasteiger partial charge in [0.25, 0.3) is 0 Å². The molecule has 2 N–H and O–H groups in total. The van der Waals surface area contributed by atoms with E-state index < -0.39 is 16.2 Å². The molecule has 1 fully saturated rings. The van der Waals surface area contributed by atoms with E-state index in [1.54, 1.807) is 0 Å². The molecule has 1 aliphatic rings. The van der Waals surface area contributed by atoms with Crippen molar-refractivity contribution in [1.82, 2.24) is 4.31 Å². The van der Waals surface area contributed by atoms with Crippen LogP contribution in [0.4, 0.5) is 5.69 Å². The van der Waals surface area contributed by atoms with Gasteiger partial charge < -0.3 is 5.11 Å². The maximum atomic E-state index is 12.1. The molecule has 114 valence electrons. The van der Waals surface area contributed by atoms with Crippen molar-refractivity contribution < 1.29 is 23.1 Å². The molecule has 1 aromatic rings. The second-order valence-corrected chi connectivity index (χ2v) is 6.54. The third-order valence-corrected chi connectivity index (χ3v) is 4.78. The molecule has 0 atom stereocenters. The maximum Gasteiger partial charge on any atom is 0.335 e. The Kier molecular flexibility index (Phi) is 4.29. The van der Waals surface area contributed by atoms with Crippen molar-refractivity contribution in [2.75, 3.05) is 17.8 Å². The van der Waals surface area contributed by atoms with Gasteiger partial charge in [-0.05, 0) is 38.0 Å². The molecule has 0 saturated carbocycles. The van der Waals surface area contributed by atoms with Crippen molar-refractivity contribution in [3.8, 4) is 0 Å². The minimum absolute atomic E-state index is 0.0759. The summed E-state index contributed by atoms with van der Waals surface area (Å²) in [6.07, 6.45) is 1.60. The highest BCUT2D eigenvalue weighted by molar-refractivity contribution is 7.90. The van der Waals surface area contributed by atoms with Crippen LogP contribution in [-0.2, 0) is 10.2 Å². The van der Waals surface area contributed by atoms with Crippen LogP contribution in [0.25, 0.3) is 0 Å². The number of hydrogen-bond acceptors (Lipinski definition) is 4. The summed E-state index contributed by atoms with van der Waals surface area (Å²) >= 11 is 0. The van der Waals surface area contributed by atoms with Crippen LogP contribution in [-0.4, -0.2) is 42.7 Å². The van der Waals surface area contributed by atoms with E-state index in [0.29, 0.717) is 13.1 Å². The normalized spacial score (nSPS) is 15.9. The average Bonchev–Trinajstić information content (AvgIpc) is 2.92. The molecule has 1 saturated heterocycles. The number of nitrogens with one attached hydrogen (secondary N) is 1. The predicted molar refractivity (Wildman–Crippen MR) is 76.8 cm³/mol. The van der Waals surface area contributed by atoms with Crippen molar-refractivity contribution in [2.24, 2.45) is 0 Å². The third kappa shape index (κ3) is 3.59. The van der Waals surface area contributed by atoms with Gasteiger partial charge in [-0.15, -0.1) is 0 Å². The van der Waals surface area contributed by atoms with Gasteiger partial charge in [0.2, 0.25) is 0 Å². The summed E-state index contributed by atoms with van der Waals surface area (Å²) in [7, 11) is -3.72. The van der Waals surface area contributed by atoms with Crippen LogP contribution in [0.3, 0.4) is 0 Å². The number of ketones is 1. The lowest BCUT2D eigenvalue weighted by Gasteiger charge is -2.17. The van der Waals surface area contributed by atoms with Crippen molar-refractivity contribution in [3.63, 3.8) is 0 Å². The first-order valence-electron chi connectivity index (χ1n) is 6.47. The number of aromatic carboxylic acids is 1. The van der Waals surface area contributed by atoms with Gasteiger partial charge in [-0.3, -0.25) is 9.52 Å². The molecule has 1 aliphatic heterocycles. The number of anilines is 1. The number of nitrogens with zero attached hydrogens (tertiary/aromatic N) is 1. The van der Waals surface area contributed by atoms with E-state index in [-0.39, 0.29) is 22.6 Å². The first kappa shape index (κ1) is 15.5. The number of carboxylic acids is 1. The Morgan fingerprint density at radius 3 is 2.24 bits per heavy atom. The second kappa shape index (κ2) is 5.82. The Morgan fingerprint density at radius 1 is 1.14 bits per heavy atom. The Balaban J connectivity index is 2.34. The molecule has 7 nitrogen and oxygen atoms in total. The highest BCUT2D eigenvalue weighted by Crippen LogP contribution is 2.20. The van der Waals surface area contributed by atoms with Crippen LogP contribution in [0.5, 0.6) is 0 Å². The Hall–Kier alpha value is -1.93. The van der Waals surface area contributed by atoms with Crippen LogP contribution in [0.2, 0.25) is 0 Å². The van der Waals surface area contributed by atoms with Crippen LogP contribution >= 0.6 is 0 Å². The topological polar surface area (TPSA) is 104 Å². The van der Waals surface area contributed by atoms with Gasteiger partial charge in [0, 0.05) is 18.7 Å². The van der Waals surface area contributed by atoms with Crippen LogP contribution in [0, 0.1) is 0 Å². The fourth-order valence-electron chi connectivity index (χ4n) is 2.16. The molecule has 0 amide bonds. The minimum atomic E-state index is -3.72. The molecule has 21 heavy (non-hydrogen) atoms. The van der Waals surface area contributed by atoms with Gasteiger partial charge in [0.1, 0.15) is 0 Å². The number of rotatable bonds is 5. The number of carbonyl (C=O) groups excluding carboxylic acids is 1. The fraction of sp³-hybridized carbons (Fsp3) is 0.385. The molecule has 2 rings (SSSR count). The summed E-state index contributed by atoms with van der Waals surface area (Å²) in [5.74, 6) is -1.56. The Morgan fingerprint density at radius 2 is 1.71 bits per heavy atom. The van der Waals surface area contributed by atoms with Crippen molar-refractivity contribution in [1.29, 1.82) is 0 Å². The zero-order valence-electron chi connectivity index (χ0n) is 11.5. The summed E-state index contributed by atoms with van der Waals surface area (Å²) in [6.45, 7) is 2.17. The smallest absolute Gasteiger partial charge is 0.335 e. The number of carbonyl (C=O) groups is 2. The summed E-state index contributed by atoms with van der Waals surface area (Å²) < 4.78 is 27.9. The minimum Gasteiger partial charge on any atom is -0.478 e. The lowest BCUT2D eigenvalue weighted by molar-refractivity contribution is 0.0697.